The van der Waals surface area contributed by atoms with Gasteiger partial charge < -0.3 is 24.7 Å². The summed E-state index contributed by atoms with van der Waals surface area (Å²) in [6.45, 7) is 17.3. The van der Waals surface area contributed by atoms with E-state index in [1.807, 2.05) is 24.0 Å². The van der Waals surface area contributed by atoms with Crippen molar-refractivity contribution < 1.29 is 19.4 Å². The fourth-order valence-electron chi connectivity index (χ4n) is 7.26. The number of hydrogen-bond acceptors (Lipinski definition) is 5. The smallest absolute Gasteiger partial charge is 0.335 e. The minimum atomic E-state index is -0.867. The third-order valence-corrected chi connectivity index (χ3v) is 10.1. The molecule has 0 saturated carbocycles. The third kappa shape index (κ3) is 6.59. The van der Waals surface area contributed by atoms with Crippen LogP contribution in [0, 0.1) is 0 Å². The molecule has 0 spiro atoms. The van der Waals surface area contributed by atoms with Crippen LogP contribution in [0.15, 0.2) is 36.4 Å². The SMILES string of the molecule is CC(C)N1CCc2[nH]c3ccc(C(=O)O)cc3c2C1.CCOC1CCN(C(=O)c2ccc3[nH]c4c(c3c2)CN(C(C)C)CC4)CC1. The normalized spacial score (nSPS) is 17.8. The van der Waals surface area contributed by atoms with Gasteiger partial charge in [0.1, 0.15) is 0 Å². The number of nitrogens with zero attached hydrogens (tertiary/aromatic N) is 3. The monoisotopic (exact) mass is 627 g/mol. The van der Waals surface area contributed by atoms with Gasteiger partial charge in [0.2, 0.25) is 0 Å². The number of H-pyrrole nitrogens is 2. The van der Waals surface area contributed by atoms with E-state index in [4.69, 9.17) is 9.84 Å². The van der Waals surface area contributed by atoms with Crippen LogP contribution in [0.1, 0.15) is 90.7 Å². The summed E-state index contributed by atoms with van der Waals surface area (Å²) in [6, 6.07) is 12.5. The number of ether oxygens (including phenoxy) is 1. The minimum Gasteiger partial charge on any atom is -0.478 e. The van der Waals surface area contributed by atoms with Gasteiger partial charge in [0.15, 0.2) is 0 Å². The van der Waals surface area contributed by atoms with Crippen LogP contribution in [-0.2, 0) is 30.7 Å². The van der Waals surface area contributed by atoms with E-state index in [0.29, 0.717) is 23.8 Å². The maximum atomic E-state index is 13.0. The van der Waals surface area contributed by atoms with Crippen molar-refractivity contribution >= 4 is 33.7 Å². The number of rotatable bonds is 6. The zero-order valence-corrected chi connectivity index (χ0v) is 28.0. The number of benzene rings is 2. The quantitative estimate of drug-likeness (QED) is 0.235. The van der Waals surface area contributed by atoms with E-state index in [0.717, 1.165) is 93.5 Å². The van der Waals surface area contributed by atoms with Gasteiger partial charge in [-0.05, 0) is 95.0 Å². The first-order chi connectivity index (χ1) is 22.1. The summed E-state index contributed by atoms with van der Waals surface area (Å²) in [5, 5.41) is 11.4. The van der Waals surface area contributed by atoms with Gasteiger partial charge >= 0.3 is 5.97 Å². The number of likely N-dealkylation sites (tertiary alicyclic amines) is 1. The van der Waals surface area contributed by atoms with Crippen LogP contribution >= 0.6 is 0 Å². The van der Waals surface area contributed by atoms with Crippen LogP contribution in [-0.4, -0.2) is 92.6 Å². The average Bonchev–Trinajstić information content (AvgIpc) is 3.61. The van der Waals surface area contributed by atoms with E-state index < -0.39 is 5.97 Å². The molecule has 3 aliphatic heterocycles. The van der Waals surface area contributed by atoms with Gasteiger partial charge in [0.05, 0.1) is 11.7 Å². The van der Waals surface area contributed by atoms with Crippen LogP contribution in [0.25, 0.3) is 21.8 Å². The zero-order valence-electron chi connectivity index (χ0n) is 28.0. The second-order valence-electron chi connectivity index (χ2n) is 13.6. The lowest BCUT2D eigenvalue weighted by Gasteiger charge is -2.32. The van der Waals surface area contributed by atoms with Gasteiger partial charge in [-0.15, -0.1) is 0 Å². The number of carbonyl (C=O) groups is 2. The summed E-state index contributed by atoms with van der Waals surface area (Å²) < 4.78 is 5.71. The van der Waals surface area contributed by atoms with E-state index in [1.165, 1.54) is 27.9 Å². The topological polar surface area (TPSA) is 105 Å². The Balaban J connectivity index is 0.000000172. The molecule has 0 radical (unpaired) electrons. The van der Waals surface area contributed by atoms with Gasteiger partial charge in [-0.3, -0.25) is 14.6 Å². The van der Waals surface area contributed by atoms with E-state index in [9.17, 15) is 9.59 Å². The Kier molecular flexibility index (Phi) is 9.54. The fraction of sp³-hybridized carbons (Fsp3) is 0.514. The minimum absolute atomic E-state index is 0.151. The number of carboxylic acid groups (broad SMARTS) is 1. The number of fused-ring (bicyclic) bond motifs is 6. The fourth-order valence-corrected chi connectivity index (χ4v) is 7.26. The highest BCUT2D eigenvalue weighted by Gasteiger charge is 2.27. The van der Waals surface area contributed by atoms with Gasteiger partial charge in [-0.1, -0.05) is 0 Å². The molecule has 3 N–H and O–H groups in total. The number of carbonyl (C=O) groups excluding carboxylic acids is 1. The maximum absolute atomic E-state index is 13.0. The summed E-state index contributed by atoms with van der Waals surface area (Å²) in [5.74, 6) is -0.716. The van der Waals surface area contributed by atoms with Crippen molar-refractivity contribution in [2.24, 2.45) is 0 Å². The predicted molar refractivity (Wildman–Crippen MR) is 183 cm³/mol. The number of nitrogens with one attached hydrogen (secondary N) is 2. The Bertz CT molecular complexity index is 1710. The molecule has 3 aliphatic rings. The van der Waals surface area contributed by atoms with Crippen molar-refractivity contribution in [3.63, 3.8) is 0 Å². The first-order valence-corrected chi connectivity index (χ1v) is 17.0. The summed E-state index contributed by atoms with van der Waals surface area (Å²) in [5.41, 5.74) is 8.58. The lowest BCUT2D eigenvalue weighted by Crippen LogP contribution is -2.40. The summed E-state index contributed by atoms with van der Waals surface area (Å²) in [4.78, 5) is 38.0. The molecule has 9 nitrogen and oxygen atoms in total. The highest BCUT2D eigenvalue weighted by molar-refractivity contribution is 5.99. The van der Waals surface area contributed by atoms with E-state index in [-0.39, 0.29) is 5.91 Å². The maximum Gasteiger partial charge on any atom is 0.335 e. The molecule has 46 heavy (non-hydrogen) atoms. The lowest BCUT2D eigenvalue weighted by molar-refractivity contribution is 0.0146. The van der Waals surface area contributed by atoms with Crippen LogP contribution in [0.5, 0.6) is 0 Å². The number of aromatic nitrogens is 2. The Morgan fingerprint density at radius 1 is 0.804 bits per heavy atom. The Hall–Kier alpha value is -3.66. The summed E-state index contributed by atoms with van der Waals surface area (Å²) >= 11 is 0. The molecule has 0 atom stereocenters. The molecule has 0 unspecified atom stereocenters. The number of aromatic carboxylic acids is 1. The highest BCUT2D eigenvalue weighted by atomic mass is 16.5. The van der Waals surface area contributed by atoms with E-state index in [2.05, 4.69) is 59.6 Å². The predicted octanol–water partition coefficient (Wildman–Crippen LogP) is 6.21. The molecule has 5 heterocycles. The van der Waals surface area contributed by atoms with Crippen molar-refractivity contribution in [2.75, 3.05) is 32.8 Å². The Morgan fingerprint density at radius 2 is 1.30 bits per heavy atom. The van der Waals surface area contributed by atoms with Gasteiger partial charge in [-0.2, -0.15) is 0 Å². The van der Waals surface area contributed by atoms with Crippen LogP contribution < -0.4 is 0 Å². The van der Waals surface area contributed by atoms with E-state index in [1.54, 1.807) is 12.1 Å². The number of carboxylic acids is 1. The van der Waals surface area contributed by atoms with Crippen molar-refractivity contribution in [1.29, 1.82) is 0 Å². The van der Waals surface area contributed by atoms with Crippen molar-refractivity contribution in [3.8, 4) is 0 Å². The lowest BCUT2D eigenvalue weighted by atomic mass is 10.0. The van der Waals surface area contributed by atoms with Crippen molar-refractivity contribution in [3.05, 3.63) is 70.0 Å². The molecule has 1 amide bonds. The first kappa shape index (κ1) is 32.3. The highest BCUT2D eigenvalue weighted by Crippen LogP contribution is 2.31. The van der Waals surface area contributed by atoms with Crippen LogP contribution in [0.2, 0.25) is 0 Å². The number of aromatic amines is 2. The number of hydrogen-bond donors (Lipinski definition) is 3. The van der Waals surface area contributed by atoms with Crippen LogP contribution in [0.3, 0.4) is 0 Å². The molecule has 7 rings (SSSR count). The molecule has 4 aromatic rings. The zero-order chi connectivity index (χ0) is 32.5. The molecule has 9 heteroatoms. The van der Waals surface area contributed by atoms with E-state index >= 15 is 0 Å². The van der Waals surface area contributed by atoms with Crippen molar-refractivity contribution in [2.45, 2.75) is 91.6 Å². The standard InChI is InChI=1S/C22H31N3O2.C15H18N2O2/c1-4-27-17-7-10-24(11-8-17)22(26)16-5-6-20-18(13-16)19-14-25(15(2)3)12-9-21(19)23-20;1-9(2)17-6-5-14-12(8-17)11-7-10(15(18)19)3-4-13(11)16-14/h5-6,13,15,17,23H,4,7-12,14H2,1-3H3;3-4,7,9,16H,5-6,8H2,1-2H3,(H,18,19). The second kappa shape index (κ2) is 13.6. The molecule has 0 bridgehead atoms. The number of piperidine rings is 1. The molecular weight excluding hydrogens is 578 g/mol. The Morgan fingerprint density at radius 3 is 1.78 bits per heavy atom. The van der Waals surface area contributed by atoms with Crippen molar-refractivity contribution in [1.82, 2.24) is 24.7 Å². The summed E-state index contributed by atoms with van der Waals surface area (Å²) in [6.07, 6.45) is 4.23. The second-order valence-corrected chi connectivity index (χ2v) is 13.6. The number of amides is 1. The average molecular weight is 628 g/mol. The van der Waals surface area contributed by atoms with Crippen LogP contribution in [0.4, 0.5) is 0 Å². The van der Waals surface area contributed by atoms with Gasteiger partial charge in [0, 0.05) is 110 Å². The Labute approximate surface area is 271 Å². The molecule has 1 fully saturated rings. The molecule has 2 aromatic carbocycles. The largest absolute Gasteiger partial charge is 0.478 e. The molecule has 1 saturated heterocycles. The third-order valence-electron chi connectivity index (χ3n) is 10.1. The summed E-state index contributed by atoms with van der Waals surface area (Å²) in [7, 11) is 0. The molecular formula is C37H49N5O4. The molecule has 0 aliphatic carbocycles. The molecule has 2 aromatic heterocycles. The first-order valence-electron chi connectivity index (χ1n) is 17.0. The van der Waals surface area contributed by atoms with Gasteiger partial charge in [0.25, 0.3) is 5.91 Å². The van der Waals surface area contributed by atoms with Gasteiger partial charge in [-0.25, -0.2) is 4.79 Å². The molecule has 246 valence electrons.